The number of nitrogens with two attached hydrogens (primary N) is 5. The fourth-order valence-electron chi connectivity index (χ4n) is 16.9. The van der Waals surface area contributed by atoms with Gasteiger partial charge in [-0.15, -0.1) is 0 Å². The first kappa shape index (κ1) is 110. The van der Waals surface area contributed by atoms with E-state index in [2.05, 4.69) is 63.5 Å². The number of aliphatic carboxylic acids is 2. The summed E-state index contributed by atoms with van der Waals surface area (Å²) in [5, 5.41) is 59.7. The number of H-pyrrole nitrogens is 1. The lowest BCUT2D eigenvalue weighted by molar-refractivity contribution is -0.149. The van der Waals surface area contributed by atoms with E-state index in [1.54, 1.807) is 62.4 Å². The van der Waals surface area contributed by atoms with Crippen LogP contribution in [0.15, 0.2) is 85.2 Å². The molecule has 3 aliphatic heterocycles. The summed E-state index contributed by atoms with van der Waals surface area (Å²) in [6, 6.07) is -7.29. The highest BCUT2D eigenvalue weighted by Gasteiger charge is 2.47. The summed E-state index contributed by atoms with van der Waals surface area (Å²) in [6.45, 7) is 0.738. The van der Waals surface area contributed by atoms with Gasteiger partial charge < -0.3 is 137 Å². The smallest absolute Gasteiger partial charge is 0.323 e. The van der Waals surface area contributed by atoms with Crippen LogP contribution in [0, 0.1) is 5.82 Å². The number of fused-ring (bicyclic) bond motifs is 4. The van der Waals surface area contributed by atoms with Crippen molar-refractivity contribution in [2.24, 2.45) is 28.7 Å². The molecule has 0 unspecified atom stereocenters. The van der Waals surface area contributed by atoms with Crippen LogP contribution in [-0.2, 0) is 131 Å². The number of aliphatic hydroxyl groups excluding tert-OH is 1. The van der Waals surface area contributed by atoms with Crippen LogP contribution in [-0.4, -0.2) is 324 Å². The average Bonchev–Trinajstić information content (AvgIpc) is 1.70. The number of rotatable bonds is 30. The summed E-state index contributed by atoms with van der Waals surface area (Å²) in [6.07, 6.45) is -5.99. The summed E-state index contributed by atoms with van der Waals surface area (Å²) in [4.78, 5) is 321. The van der Waals surface area contributed by atoms with Crippen LogP contribution in [0.1, 0.15) is 147 Å². The quantitative estimate of drug-likeness (QED) is 0.0203. The number of aromatic nitrogens is 2. The van der Waals surface area contributed by atoms with Gasteiger partial charge in [-0.25, -0.2) is 4.39 Å². The number of halogens is 1. The Labute approximate surface area is 802 Å². The van der Waals surface area contributed by atoms with Gasteiger partial charge in [0.1, 0.15) is 96.9 Å². The summed E-state index contributed by atoms with van der Waals surface area (Å²) >= 11 is 0. The Hall–Kier alpha value is -15.1. The molecule has 3 aliphatic rings. The molecule has 0 saturated carbocycles. The second kappa shape index (κ2) is 51.9. The maximum Gasteiger partial charge on any atom is 0.323 e. The van der Waals surface area contributed by atoms with Gasteiger partial charge in [0.15, 0.2) is 0 Å². The van der Waals surface area contributed by atoms with E-state index in [1.165, 1.54) is 50.1 Å². The standard InChI is InChI=1S/C91H124FN23O25/c1-7-9-19-66-84(133)102-57(29-32-76(123)124)81(130)109-64(79(128)100-42-74(97)121)41-98-43-75(122)101-61(34-48-23-25-51(92)26-24-48)87(136)110(4)47(3)78(127)107-63(39-73(96)120)90(139)114-33-15-22-67(114)85(134)103-56(27-30-70(93)117)80(129)104-58(28-31-71(94)118)89(138)115-45-52(116)37-69(115)86(135)106-59(35-49-40-99-55-18-13-11-16-53(49)55)82(131)105-60(38-72(95)119)83(132)108-62(88(137)112(6)68(20-10-8-2)91(140)111(66)5)36-50-44-113(46-77(125)126)65-21-14-12-17-54(50)65/h11-14,16-18,21,23-26,40,44,47,52,56-64,66-69,98-99,116H,7-10,15,19-20,22,27-39,41-43,45-46H2,1-6H3,(H2,93,117)(H2,94,118)(H2,95,119)(H2,96,120)(H2,97,121)(H,100,128)(H,101,122)(H,102,133)(H,103,134)(H,104,129)(H,105,131)(H,106,135)(H,107,127)(H,108,132)(H,109,130)(H,123,124)(H,125,126)/t47-,52+,56-,57-,58-,59-,60-,61-,62-,63-,64-,66-,67-,68-,69-/m0/s1. The van der Waals surface area contributed by atoms with Crippen LogP contribution in [0.5, 0.6) is 0 Å². The fourth-order valence-corrected chi connectivity index (χ4v) is 16.9. The number of carbonyl (C=O) groups excluding carboxylic acids is 20. The third-order valence-corrected chi connectivity index (χ3v) is 24.5. The number of carboxylic acids is 2. The van der Waals surface area contributed by atoms with E-state index in [0.717, 1.165) is 43.7 Å². The van der Waals surface area contributed by atoms with Crippen molar-refractivity contribution in [3.63, 3.8) is 0 Å². The number of aliphatic hydroxyl groups is 1. The predicted octanol–water partition coefficient (Wildman–Crippen LogP) is -6.08. The van der Waals surface area contributed by atoms with Gasteiger partial charge >= 0.3 is 11.9 Å². The first-order chi connectivity index (χ1) is 66.3. The number of aromatic amines is 1. The minimum atomic E-state index is -2.09. The summed E-state index contributed by atoms with van der Waals surface area (Å²) in [5.74, 6) is -25.9. The minimum absolute atomic E-state index is 0.0617. The monoisotopic (exact) mass is 1960 g/mol. The Morgan fingerprint density at radius 1 is 0.479 bits per heavy atom. The normalized spacial score (nSPS) is 24.2. The number of nitrogens with zero attached hydrogens (tertiary/aromatic N) is 6. The Balaban J connectivity index is 1.24. The number of carboxylic acid groups (broad SMARTS) is 2. The van der Waals surface area contributed by atoms with Crippen LogP contribution in [0.3, 0.4) is 0 Å². The largest absolute Gasteiger partial charge is 0.481 e. The van der Waals surface area contributed by atoms with Crippen molar-refractivity contribution in [1.82, 2.24) is 92.5 Å². The Morgan fingerprint density at radius 3 is 1.62 bits per heavy atom. The maximum atomic E-state index is 15.9. The number of amides is 20. The SMILES string of the molecule is CCCC[C@H]1C(=O)N(C)[C@@H](CCCC)C(=O)N[C@@H](CCC(=O)O)C(=O)N[C@H](C(=O)NCC(N)=O)CNCC(=O)N[C@@H](Cc2ccc(F)cc2)C(=O)N(C)[C@@H](C)C(=O)N[C@@H](CC(N)=O)C(=O)N2CCC[C@H]2C(=O)N[C@@H](CCC(N)=O)C(=O)N[C@@H](CCC(N)=O)C(=O)N2C[C@H](O)C[C@H]2C(=O)N[C@@H](Cc2c[nH]c3ccccc23)C(=O)N[C@@H](CC(N)=O)C(=O)N[C@@H](Cc2cn(CC(=O)O)c3ccccc23)C(=O)N1C. The highest BCUT2D eigenvalue weighted by atomic mass is 19.1. The lowest BCUT2D eigenvalue weighted by Gasteiger charge is -2.36. The number of hydrogen-bond donors (Lipinski definition) is 20. The third kappa shape index (κ3) is 31.2. The molecular formula is C91H124FN23O25. The molecule has 5 aromatic rings. The predicted molar refractivity (Wildman–Crippen MR) is 494 cm³/mol. The molecule has 20 amide bonds. The van der Waals surface area contributed by atoms with Gasteiger partial charge in [0.25, 0.3) is 0 Å². The zero-order valence-corrected chi connectivity index (χ0v) is 78.4. The van der Waals surface area contributed by atoms with Crippen molar-refractivity contribution < 1.29 is 125 Å². The lowest BCUT2D eigenvalue weighted by Crippen LogP contribution is -2.61. The first-order valence-corrected chi connectivity index (χ1v) is 45.8. The molecule has 760 valence electrons. The average molecular weight is 1960 g/mol. The van der Waals surface area contributed by atoms with Gasteiger partial charge in [0.2, 0.25) is 118 Å². The number of hydrogen-bond acceptors (Lipinski definition) is 24. The topological polar surface area (TPSA) is 736 Å². The molecule has 3 saturated heterocycles. The van der Waals surface area contributed by atoms with E-state index in [1.807, 2.05) is 0 Å². The van der Waals surface area contributed by atoms with Gasteiger partial charge in [0.05, 0.1) is 32.0 Å². The van der Waals surface area contributed by atoms with Gasteiger partial charge in [-0.3, -0.25) is 105 Å². The molecule has 3 aromatic carbocycles. The third-order valence-electron chi connectivity index (χ3n) is 24.5. The van der Waals surface area contributed by atoms with Crippen LogP contribution < -0.4 is 87.2 Å². The molecule has 0 spiro atoms. The Bertz CT molecular complexity index is 5440. The molecule has 0 aliphatic carbocycles. The number of likely N-dealkylation sites (N-methyl/N-ethyl adjacent to an activating group) is 3. The second-order valence-electron chi connectivity index (χ2n) is 34.9. The van der Waals surface area contributed by atoms with Gasteiger partial charge in [-0.1, -0.05) is 88.1 Å². The summed E-state index contributed by atoms with van der Waals surface area (Å²) in [5.41, 5.74) is 29.7. The van der Waals surface area contributed by atoms with E-state index in [0.29, 0.717) is 40.2 Å². The number of para-hydroxylation sites is 2. The molecule has 140 heavy (non-hydrogen) atoms. The van der Waals surface area contributed by atoms with Crippen molar-refractivity contribution >= 4 is 152 Å². The number of nitrogens with one attached hydrogen (secondary N) is 12. The van der Waals surface area contributed by atoms with Crippen LogP contribution in [0.25, 0.3) is 21.8 Å². The van der Waals surface area contributed by atoms with Gasteiger partial charge in [-0.05, 0) is 92.8 Å². The van der Waals surface area contributed by atoms with Crippen LogP contribution >= 0.6 is 0 Å². The molecule has 0 radical (unpaired) electrons. The van der Waals surface area contributed by atoms with Crippen molar-refractivity contribution in [3.05, 3.63) is 108 Å². The molecule has 0 bridgehead atoms. The fraction of sp³-hybridized carbons (Fsp3) is 0.516. The Morgan fingerprint density at radius 2 is 0.993 bits per heavy atom. The van der Waals surface area contributed by atoms with Crippen molar-refractivity contribution in [1.29, 1.82) is 0 Å². The molecule has 48 nitrogen and oxygen atoms in total. The molecule has 8 rings (SSSR count). The van der Waals surface area contributed by atoms with E-state index >= 15 is 33.6 Å². The molecule has 3 fully saturated rings. The number of carbonyl (C=O) groups is 22. The molecule has 49 heteroatoms. The van der Waals surface area contributed by atoms with Gasteiger partial charge in [-0.2, -0.15) is 0 Å². The molecule has 25 N–H and O–H groups in total. The number of unbranched alkanes of at least 4 members (excludes halogenated alkanes) is 2. The van der Waals surface area contributed by atoms with Gasteiger partial charge in [0, 0.05) is 120 Å². The molecule has 5 heterocycles. The van der Waals surface area contributed by atoms with E-state index in [4.69, 9.17) is 28.7 Å². The van der Waals surface area contributed by atoms with E-state index in [9.17, 15) is 91.6 Å². The Kier molecular flexibility index (Phi) is 40.9. The van der Waals surface area contributed by atoms with Crippen molar-refractivity contribution in [3.8, 4) is 0 Å². The van der Waals surface area contributed by atoms with Crippen LogP contribution in [0.4, 0.5) is 4.39 Å². The molecular weight excluding hydrogens is 1830 g/mol. The zero-order valence-electron chi connectivity index (χ0n) is 78.4. The minimum Gasteiger partial charge on any atom is -0.481 e. The number of primary amides is 5. The summed E-state index contributed by atoms with van der Waals surface area (Å²) < 4.78 is 15.7. The first-order valence-electron chi connectivity index (χ1n) is 45.8. The van der Waals surface area contributed by atoms with E-state index < -0.39 is 336 Å². The molecule has 15 atom stereocenters. The maximum absolute atomic E-state index is 15.9. The van der Waals surface area contributed by atoms with Crippen molar-refractivity contribution in [2.45, 2.75) is 246 Å². The van der Waals surface area contributed by atoms with Crippen molar-refractivity contribution in [2.75, 3.05) is 53.9 Å². The van der Waals surface area contributed by atoms with E-state index in [-0.39, 0.29) is 56.2 Å². The highest BCUT2D eigenvalue weighted by Crippen LogP contribution is 2.29. The molecule has 2 aromatic heterocycles. The lowest BCUT2D eigenvalue weighted by atomic mass is 9.99. The summed E-state index contributed by atoms with van der Waals surface area (Å²) in [7, 11) is 3.53. The number of benzene rings is 3. The van der Waals surface area contributed by atoms with Crippen LogP contribution in [0.2, 0.25) is 0 Å². The zero-order chi connectivity index (χ0) is 103. The highest BCUT2D eigenvalue weighted by molar-refractivity contribution is 6.03. The second-order valence-corrected chi connectivity index (χ2v) is 34.9.